The van der Waals surface area contributed by atoms with Gasteiger partial charge in [-0.2, -0.15) is 26.3 Å². The van der Waals surface area contributed by atoms with E-state index in [1.165, 1.54) is 11.0 Å². The Morgan fingerprint density at radius 3 is 1.92 bits per heavy atom. The number of nitrogens with zero attached hydrogens (tertiary/aromatic N) is 1. The Morgan fingerprint density at radius 1 is 0.763 bits per heavy atom. The van der Waals surface area contributed by atoms with E-state index in [9.17, 15) is 31.1 Å². The molecule has 0 saturated carbocycles. The van der Waals surface area contributed by atoms with Crippen LogP contribution in [0.2, 0.25) is 10.0 Å². The van der Waals surface area contributed by atoms with E-state index in [0.29, 0.717) is 11.6 Å². The van der Waals surface area contributed by atoms with Gasteiger partial charge < -0.3 is 4.90 Å². The Kier molecular flexibility index (Phi) is 8.78. The minimum Gasteiger partial charge on any atom is -0.334 e. The molecule has 0 heterocycles. The van der Waals surface area contributed by atoms with Gasteiger partial charge >= 0.3 is 12.4 Å². The summed E-state index contributed by atoms with van der Waals surface area (Å²) in [5.74, 6) is -0.733. The van der Waals surface area contributed by atoms with E-state index in [4.69, 9.17) is 23.2 Å². The zero-order valence-corrected chi connectivity index (χ0v) is 22.3. The second-order valence-electron chi connectivity index (χ2n) is 9.96. The summed E-state index contributed by atoms with van der Waals surface area (Å²) in [6, 6.07) is 13.4. The summed E-state index contributed by atoms with van der Waals surface area (Å²) in [5.41, 5.74) is -0.450. The molecule has 0 atom stereocenters. The van der Waals surface area contributed by atoms with Crippen LogP contribution in [0.25, 0.3) is 0 Å². The molecule has 0 N–H and O–H groups in total. The summed E-state index contributed by atoms with van der Waals surface area (Å²) in [7, 11) is 0. The monoisotopic (exact) mass is 575 g/mol. The van der Waals surface area contributed by atoms with Gasteiger partial charge in [0.15, 0.2) is 0 Å². The SMILES string of the molecule is CC(C)(C)c1ccc(CN(CCc2ccc(Cl)c(C(F)(F)F)c2)C(=O)c2cc(Cl)cc(C(F)(F)F)c2)cc1. The number of alkyl halides is 6. The first-order chi connectivity index (χ1) is 17.4. The Bertz CT molecular complexity index is 1290. The van der Waals surface area contributed by atoms with E-state index < -0.39 is 34.4 Å². The third-order valence-corrected chi connectivity index (χ3v) is 6.51. The number of carbonyl (C=O) groups excluding carboxylic acids is 1. The molecule has 3 rings (SSSR count). The molecule has 0 unspecified atom stereocenters. The number of halogens is 8. The van der Waals surface area contributed by atoms with E-state index >= 15 is 0 Å². The maximum Gasteiger partial charge on any atom is 0.417 e. The van der Waals surface area contributed by atoms with Gasteiger partial charge in [-0.05, 0) is 58.9 Å². The van der Waals surface area contributed by atoms with Crippen LogP contribution in [0.3, 0.4) is 0 Å². The fourth-order valence-electron chi connectivity index (χ4n) is 3.85. The van der Waals surface area contributed by atoms with Crippen LogP contribution in [0, 0.1) is 0 Å². The molecule has 0 saturated heterocycles. The minimum atomic E-state index is -4.72. The average molecular weight is 576 g/mol. The highest BCUT2D eigenvalue weighted by atomic mass is 35.5. The lowest BCUT2D eigenvalue weighted by Crippen LogP contribution is -2.33. The van der Waals surface area contributed by atoms with Gasteiger partial charge in [0.25, 0.3) is 5.91 Å². The Balaban J connectivity index is 1.94. The fraction of sp³-hybridized carbons (Fsp3) is 0.321. The number of hydrogen-bond donors (Lipinski definition) is 0. The van der Waals surface area contributed by atoms with Gasteiger partial charge in [-0.15, -0.1) is 0 Å². The van der Waals surface area contributed by atoms with Crippen LogP contribution < -0.4 is 0 Å². The molecule has 0 radical (unpaired) electrons. The van der Waals surface area contributed by atoms with E-state index in [0.717, 1.165) is 29.8 Å². The predicted octanol–water partition coefficient (Wildman–Crippen LogP) is 9.21. The summed E-state index contributed by atoms with van der Waals surface area (Å²) in [4.78, 5) is 14.7. The highest BCUT2D eigenvalue weighted by molar-refractivity contribution is 6.31. The smallest absolute Gasteiger partial charge is 0.334 e. The maximum absolute atomic E-state index is 13.4. The molecular weight excluding hydrogens is 551 g/mol. The molecule has 38 heavy (non-hydrogen) atoms. The summed E-state index contributed by atoms with van der Waals surface area (Å²) in [6.45, 7) is 6.08. The zero-order chi connectivity index (χ0) is 28.5. The van der Waals surface area contributed by atoms with Gasteiger partial charge in [0.05, 0.1) is 16.1 Å². The van der Waals surface area contributed by atoms with E-state index in [1.54, 1.807) is 0 Å². The van der Waals surface area contributed by atoms with Crippen LogP contribution in [0.4, 0.5) is 26.3 Å². The van der Waals surface area contributed by atoms with Crippen molar-refractivity contribution < 1.29 is 31.1 Å². The third-order valence-electron chi connectivity index (χ3n) is 5.96. The van der Waals surface area contributed by atoms with Crippen molar-refractivity contribution in [3.8, 4) is 0 Å². The van der Waals surface area contributed by atoms with Crippen LogP contribution in [-0.2, 0) is 30.7 Å². The van der Waals surface area contributed by atoms with Crippen LogP contribution >= 0.6 is 23.2 Å². The Morgan fingerprint density at radius 2 is 1.37 bits per heavy atom. The molecular formula is C28H25Cl2F6NO. The summed E-state index contributed by atoms with van der Waals surface area (Å²) in [6.07, 6.45) is -9.37. The normalized spacial score (nSPS) is 12.5. The van der Waals surface area contributed by atoms with Crippen molar-refractivity contribution in [2.75, 3.05) is 6.54 Å². The van der Waals surface area contributed by atoms with Crippen LogP contribution in [0.1, 0.15) is 58.9 Å². The second-order valence-corrected chi connectivity index (χ2v) is 10.8. The summed E-state index contributed by atoms with van der Waals surface area (Å²) >= 11 is 11.6. The van der Waals surface area contributed by atoms with Gasteiger partial charge in [0.2, 0.25) is 0 Å². The molecule has 10 heteroatoms. The lowest BCUT2D eigenvalue weighted by molar-refractivity contribution is -0.138. The largest absolute Gasteiger partial charge is 0.417 e. The molecule has 0 fully saturated rings. The molecule has 3 aromatic rings. The van der Waals surface area contributed by atoms with Crippen molar-refractivity contribution in [1.29, 1.82) is 0 Å². The highest BCUT2D eigenvalue weighted by Gasteiger charge is 2.34. The number of benzene rings is 3. The maximum atomic E-state index is 13.4. The standard InChI is InChI=1S/C28H25Cl2F6NO/c1-26(2,3)20-7-4-18(5-8-20)16-37(11-10-17-6-9-24(30)23(12-17)28(34,35)36)25(38)19-13-21(27(31,32)33)15-22(29)14-19/h4-9,12-15H,10-11,16H2,1-3H3. The van der Waals surface area contributed by atoms with Gasteiger partial charge in [-0.25, -0.2) is 0 Å². The van der Waals surface area contributed by atoms with Gasteiger partial charge in [-0.1, -0.05) is 74.3 Å². The molecule has 0 aliphatic rings. The van der Waals surface area contributed by atoms with Crippen LogP contribution in [0.5, 0.6) is 0 Å². The molecule has 0 spiro atoms. The highest BCUT2D eigenvalue weighted by Crippen LogP contribution is 2.36. The number of hydrogen-bond acceptors (Lipinski definition) is 1. The topological polar surface area (TPSA) is 20.3 Å². The summed E-state index contributed by atoms with van der Waals surface area (Å²) < 4.78 is 79.9. The fourth-order valence-corrected chi connectivity index (χ4v) is 4.31. The van der Waals surface area contributed by atoms with Crippen molar-refractivity contribution in [2.24, 2.45) is 0 Å². The van der Waals surface area contributed by atoms with Crippen molar-refractivity contribution in [3.63, 3.8) is 0 Å². The van der Waals surface area contributed by atoms with Gasteiger partial charge in [0, 0.05) is 23.7 Å². The van der Waals surface area contributed by atoms with Crippen LogP contribution in [-0.4, -0.2) is 17.4 Å². The van der Waals surface area contributed by atoms with Crippen molar-refractivity contribution >= 4 is 29.1 Å². The lowest BCUT2D eigenvalue weighted by atomic mass is 9.87. The number of rotatable bonds is 6. The molecule has 1 amide bonds. The Hall–Kier alpha value is -2.71. The molecule has 0 aliphatic heterocycles. The molecule has 0 aliphatic carbocycles. The van der Waals surface area contributed by atoms with Crippen molar-refractivity contribution in [2.45, 2.75) is 51.5 Å². The molecule has 0 bridgehead atoms. The van der Waals surface area contributed by atoms with E-state index in [1.807, 2.05) is 45.0 Å². The predicted molar refractivity (Wildman–Crippen MR) is 136 cm³/mol. The zero-order valence-electron chi connectivity index (χ0n) is 20.8. The summed E-state index contributed by atoms with van der Waals surface area (Å²) in [5, 5.41) is -0.711. The molecule has 204 valence electrons. The van der Waals surface area contributed by atoms with Crippen molar-refractivity contribution in [3.05, 3.63) is 104 Å². The lowest BCUT2D eigenvalue weighted by Gasteiger charge is -2.25. The first-order valence-corrected chi connectivity index (χ1v) is 12.3. The van der Waals surface area contributed by atoms with E-state index in [2.05, 4.69) is 0 Å². The van der Waals surface area contributed by atoms with Crippen LogP contribution in [0.15, 0.2) is 60.7 Å². The molecule has 2 nitrogen and oxygen atoms in total. The number of amides is 1. The first-order valence-electron chi connectivity index (χ1n) is 11.6. The van der Waals surface area contributed by atoms with Gasteiger partial charge in [0.1, 0.15) is 0 Å². The third kappa shape index (κ3) is 7.67. The quantitative estimate of drug-likeness (QED) is 0.268. The van der Waals surface area contributed by atoms with E-state index in [-0.39, 0.29) is 41.1 Å². The second kappa shape index (κ2) is 11.2. The minimum absolute atomic E-state index is 0.0127. The van der Waals surface area contributed by atoms with Crippen molar-refractivity contribution in [1.82, 2.24) is 4.90 Å². The number of carbonyl (C=O) groups is 1. The molecule has 0 aromatic heterocycles. The van der Waals surface area contributed by atoms with Gasteiger partial charge in [-0.3, -0.25) is 4.79 Å². The average Bonchev–Trinajstić information content (AvgIpc) is 2.80. The first kappa shape index (κ1) is 29.8. The molecule has 3 aromatic carbocycles. The Labute approximate surface area is 227 Å².